The number of hydrogen-bond acceptors (Lipinski definition) is 4. The van der Waals surface area contributed by atoms with E-state index in [1.807, 2.05) is 110 Å². The SMILES string of the molecule is O=c1cc(-c2ccc3c(c2)ncn3-c2ccccc2)cc[nH]1.[O-][n+]1ccc(-c2ccc3c(c2)ncn3-c2ccccc2)cc1. The van der Waals surface area contributed by atoms with Crippen molar-refractivity contribution in [2.45, 2.75) is 0 Å². The van der Waals surface area contributed by atoms with E-state index in [0.717, 1.165) is 60.4 Å². The van der Waals surface area contributed by atoms with Crippen LogP contribution in [-0.4, -0.2) is 24.1 Å². The first-order chi connectivity index (χ1) is 21.6. The molecular formula is C36H26N6O2. The van der Waals surface area contributed by atoms with Crippen LogP contribution in [0.5, 0.6) is 0 Å². The first kappa shape index (κ1) is 26.6. The molecule has 0 saturated carbocycles. The number of imidazole rings is 2. The van der Waals surface area contributed by atoms with E-state index in [-0.39, 0.29) is 5.56 Å². The molecular weight excluding hydrogens is 548 g/mol. The Balaban J connectivity index is 0.000000142. The second-order valence-electron chi connectivity index (χ2n) is 10.2. The largest absolute Gasteiger partial charge is 0.619 e. The fourth-order valence-corrected chi connectivity index (χ4v) is 5.20. The quantitative estimate of drug-likeness (QED) is 0.187. The second-order valence-corrected chi connectivity index (χ2v) is 10.2. The topological polar surface area (TPSA) is 95.4 Å². The first-order valence-electron chi connectivity index (χ1n) is 14.1. The summed E-state index contributed by atoms with van der Waals surface area (Å²) in [6.07, 6.45) is 8.32. The average Bonchev–Trinajstić information content (AvgIpc) is 3.70. The van der Waals surface area contributed by atoms with E-state index >= 15 is 0 Å². The fraction of sp³-hybridized carbons (Fsp3) is 0. The summed E-state index contributed by atoms with van der Waals surface area (Å²) in [6, 6.07) is 39.5. The summed E-state index contributed by atoms with van der Waals surface area (Å²) in [5, 5.41) is 11.1. The molecule has 8 heteroatoms. The average molecular weight is 575 g/mol. The van der Waals surface area contributed by atoms with Gasteiger partial charge < -0.3 is 10.2 Å². The van der Waals surface area contributed by atoms with Gasteiger partial charge in [-0.15, -0.1) is 0 Å². The van der Waals surface area contributed by atoms with Crippen LogP contribution >= 0.6 is 0 Å². The molecule has 1 N–H and O–H groups in total. The molecule has 0 atom stereocenters. The number of rotatable bonds is 4. The number of benzene rings is 4. The molecule has 8 aromatic rings. The maximum atomic E-state index is 11.4. The summed E-state index contributed by atoms with van der Waals surface area (Å²) >= 11 is 0. The summed E-state index contributed by atoms with van der Waals surface area (Å²) in [5.74, 6) is 0. The van der Waals surface area contributed by atoms with Crippen LogP contribution in [0.25, 0.3) is 55.7 Å². The van der Waals surface area contributed by atoms with Gasteiger partial charge in [-0.1, -0.05) is 48.5 Å². The number of para-hydroxylation sites is 2. The van der Waals surface area contributed by atoms with Crippen molar-refractivity contribution in [3.8, 4) is 33.6 Å². The van der Waals surface area contributed by atoms with Crippen LogP contribution in [0, 0.1) is 5.21 Å². The molecule has 8 nitrogen and oxygen atoms in total. The Labute approximate surface area is 252 Å². The predicted molar refractivity (Wildman–Crippen MR) is 173 cm³/mol. The minimum atomic E-state index is -0.104. The predicted octanol–water partition coefficient (Wildman–Crippen LogP) is 6.71. The lowest BCUT2D eigenvalue weighted by atomic mass is 10.1. The Morgan fingerprint density at radius 3 is 1.59 bits per heavy atom. The first-order valence-corrected chi connectivity index (χ1v) is 14.1. The third-order valence-electron chi connectivity index (χ3n) is 7.41. The lowest BCUT2D eigenvalue weighted by Crippen LogP contribution is -2.23. The maximum Gasteiger partial charge on any atom is 0.248 e. The molecule has 0 unspecified atom stereocenters. The van der Waals surface area contributed by atoms with Gasteiger partial charge in [-0.2, -0.15) is 4.73 Å². The molecule has 212 valence electrons. The van der Waals surface area contributed by atoms with Gasteiger partial charge in [-0.25, -0.2) is 9.97 Å². The van der Waals surface area contributed by atoms with Gasteiger partial charge in [-0.3, -0.25) is 13.9 Å². The molecule has 4 aromatic heterocycles. The molecule has 0 radical (unpaired) electrons. The van der Waals surface area contributed by atoms with Crippen LogP contribution in [0.1, 0.15) is 0 Å². The Morgan fingerprint density at radius 2 is 1.07 bits per heavy atom. The van der Waals surface area contributed by atoms with Crippen LogP contribution < -0.4 is 10.3 Å². The number of H-pyrrole nitrogens is 1. The van der Waals surface area contributed by atoms with Gasteiger partial charge in [0, 0.05) is 35.8 Å². The van der Waals surface area contributed by atoms with Crippen molar-refractivity contribution in [1.82, 2.24) is 24.1 Å². The molecule has 0 aliphatic rings. The molecule has 8 rings (SSSR count). The van der Waals surface area contributed by atoms with Gasteiger partial charge in [0.05, 0.1) is 22.1 Å². The van der Waals surface area contributed by atoms with Crippen LogP contribution in [0.15, 0.2) is 157 Å². The van der Waals surface area contributed by atoms with E-state index in [9.17, 15) is 10.0 Å². The summed E-state index contributed by atoms with van der Waals surface area (Å²) in [7, 11) is 0. The van der Waals surface area contributed by atoms with Gasteiger partial charge in [0.25, 0.3) is 0 Å². The van der Waals surface area contributed by atoms with Crippen LogP contribution in [0.3, 0.4) is 0 Å². The zero-order valence-corrected chi connectivity index (χ0v) is 23.5. The number of nitrogens with zero attached hydrogens (tertiary/aromatic N) is 5. The monoisotopic (exact) mass is 574 g/mol. The highest BCUT2D eigenvalue weighted by Crippen LogP contribution is 2.26. The van der Waals surface area contributed by atoms with Crippen molar-refractivity contribution >= 4 is 22.1 Å². The van der Waals surface area contributed by atoms with Crippen molar-refractivity contribution in [3.63, 3.8) is 0 Å². The Bertz CT molecular complexity index is 2250. The van der Waals surface area contributed by atoms with Crippen molar-refractivity contribution in [3.05, 3.63) is 168 Å². The summed E-state index contributed by atoms with van der Waals surface area (Å²) < 4.78 is 4.90. The number of nitrogens with one attached hydrogen (secondary N) is 1. The van der Waals surface area contributed by atoms with Gasteiger partial charge >= 0.3 is 0 Å². The molecule has 0 bridgehead atoms. The zero-order chi connectivity index (χ0) is 29.9. The van der Waals surface area contributed by atoms with Crippen molar-refractivity contribution < 1.29 is 4.73 Å². The van der Waals surface area contributed by atoms with Crippen molar-refractivity contribution in [2.75, 3.05) is 0 Å². The van der Waals surface area contributed by atoms with Crippen molar-refractivity contribution in [2.24, 2.45) is 0 Å². The highest BCUT2D eigenvalue weighted by molar-refractivity contribution is 5.84. The third-order valence-corrected chi connectivity index (χ3v) is 7.41. The maximum absolute atomic E-state index is 11.4. The molecule has 44 heavy (non-hydrogen) atoms. The highest BCUT2D eigenvalue weighted by Gasteiger charge is 2.08. The lowest BCUT2D eigenvalue weighted by Gasteiger charge is -2.05. The van der Waals surface area contributed by atoms with Crippen LogP contribution in [0.4, 0.5) is 0 Å². The summed E-state index contributed by atoms with van der Waals surface area (Å²) in [5.41, 5.74) is 9.92. The van der Waals surface area contributed by atoms with Gasteiger partial charge in [0.15, 0.2) is 12.4 Å². The van der Waals surface area contributed by atoms with Crippen LogP contribution in [0.2, 0.25) is 0 Å². The second kappa shape index (κ2) is 11.5. The van der Waals surface area contributed by atoms with E-state index in [1.165, 1.54) is 12.4 Å². The van der Waals surface area contributed by atoms with Crippen LogP contribution in [-0.2, 0) is 0 Å². The number of aromatic amines is 1. The number of fused-ring (bicyclic) bond motifs is 2. The molecule has 4 heterocycles. The Hall–Kier alpha value is -6.28. The fourth-order valence-electron chi connectivity index (χ4n) is 5.20. The zero-order valence-electron chi connectivity index (χ0n) is 23.5. The number of aromatic nitrogens is 6. The summed E-state index contributed by atoms with van der Waals surface area (Å²) in [6.45, 7) is 0. The minimum absolute atomic E-state index is 0.104. The minimum Gasteiger partial charge on any atom is -0.619 e. The molecule has 0 amide bonds. The Kier molecular flexibility index (Phi) is 6.98. The van der Waals surface area contributed by atoms with E-state index in [4.69, 9.17) is 0 Å². The molecule has 0 aliphatic heterocycles. The van der Waals surface area contributed by atoms with Gasteiger partial charge in [-0.05, 0) is 76.9 Å². The third kappa shape index (κ3) is 5.35. The van der Waals surface area contributed by atoms with Gasteiger partial charge in [0.2, 0.25) is 5.56 Å². The lowest BCUT2D eigenvalue weighted by molar-refractivity contribution is -0.605. The molecule has 0 spiro atoms. The molecule has 0 saturated heterocycles. The standard InChI is InChI=1S/2C18H13N3O/c22-20-10-8-14(9-11-20)15-6-7-18-17(12-15)19-13-21(18)16-4-2-1-3-5-16;22-18-11-14(8-9-19-18)13-6-7-17-16(10-13)20-12-21(17)15-4-2-1-3-5-15/h1-13H;1-12H,(H,19,22). The van der Waals surface area contributed by atoms with E-state index in [2.05, 4.69) is 42.3 Å². The number of pyridine rings is 2. The normalized spacial score (nSPS) is 10.9. The van der Waals surface area contributed by atoms with Crippen molar-refractivity contribution in [1.29, 1.82) is 0 Å². The molecule has 4 aromatic carbocycles. The summed E-state index contributed by atoms with van der Waals surface area (Å²) in [4.78, 5) is 23.0. The highest BCUT2D eigenvalue weighted by atomic mass is 16.5. The number of hydrogen-bond donors (Lipinski definition) is 1. The van der Waals surface area contributed by atoms with Gasteiger partial charge in [0.1, 0.15) is 12.7 Å². The smallest absolute Gasteiger partial charge is 0.248 e. The van der Waals surface area contributed by atoms with E-state index in [1.54, 1.807) is 12.3 Å². The van der Waals surface area contributed by atoms with E-state index in [0.29, 0.717) is 0 Å². The Morgan fingerprint density at radius 1 is 0.568 bits per heavy atom. The molecule has 0 aliphatic carbocycles. The molecule has 0 fully saturated rings. The van der Waals surface area contributed by atoms with E-state index < -0.39 is 0 Å².